The highest BCUT2D eigenvalue weighted by molar-refractivity contribution is 5.92. The average Bonchev–Trinajstić information content (AvgIpc) is 4.15. The largest absolute Gasteiger partial charge is 0.453 e. The summed E-state index contributed by atoms with van der Waals surface area (Å²) in [6, 6.07) is 7.46. The highest BCUT2D eigenvalue weighted by atomic mass is 16.5. The number of benzene rings is 2. The van der Waals surface area contributed by atoms with Gasteiger partial charge in [0.25, 0.3) is 0 Å². The minimum absolute atomic E-state index is 0.0965. The number of amides is 4. The van der Waals surface area contributed by atoms with Gasteiger partial charge in [-0.25, -0.2) is 19.6 Å². The lowest BCUT2D eigenvalue weighted by molar-refractivity contribution is -0.141. The van der Waals surface area contributed by atoms with E-state index in [-0.39, 0.29) is 23.7 Å². The number of fused-ring (bicyclic) bond motifs is 6. The number of hydrogen-bond donors (Lipinski definition) is 4. The standard InChI is InChI=1S/C50H58N8O6/c1-27(2)41(55-47(61)63-5)43(59)57-25-29-17-19-49(57,21-29)45-51-23-39(53-45)37-15-13-35(31-9-7-11-33(31)37)36-14-16-38(34-12-8-10-32(34)36)40-24-52-46(54-40)50-20-18-30(22-50)26-58(50)44(60)42(28(3)4)56-48(62)64-6/h7-10,13-16,23-24,27-30,41-42H,11-12,17-22,25-26H2,1-6H3,(H,51,53)(H,52,54)(H,55,61)(H,56,62)/t29-,30-,41-,42-,49-,50-/m0/s1. The summed E-state index contributed by atoms with van der Waals surface area (Å²) >= 11 is 0. The van der Waals surface area contributed by atoms with Crippen LogP contribution in [0.25, 0.3) is 45.8 Å². The fraction of sp³-hybridized carbons (Fsp3) is 0.480. The van der Waals surface area contributed by atoms with E-state index in [4.69, 9.17) is 19.4 Å². The van der Waals surface area contributed by atoms with E-state index >= 15 is 0 Å². The lowest BCUT2D eigenvalue weighted by Gasteiger charge is -2.40. The van der Waals surface area contributed by atoms with Crippen molar-refractivity contribution in [3.63, 3.8) is 0 Å². The highest BCUT2D eigenvalue weighted by Crippen LogP contribution is 2.54. The number of piperidine rings is 2. The zero-order chi connectivity index (χ0) is 44.7. The van der Waals surface area contributed by atoms with Crippen LogP contribution in [0.4, 0.5) is 9.59 Å². The van der Waals surface area contributed by atoms with Crippen LogP contribution >= 0.6 is 0 Å². The normalized spacial score (nSPS) is 24.4. The molecule has 64 heavy (non-hydrogen) atoms. The molecular weight excluding hydrogens is 809 g/mol. The second-order valence-electron chi connectivity index (χ2n) is 19.5. The van der Waals surface area contributed by atoms with Crippen LogP contribution in [0.1, 0.15) is 100 Å². The third kappa shape index (κ3) is 6.57. The Morgan fingerprint density at radius 3 is 1.44 bits per heavy atom. The number of rotatable bonds is 11. The quantitative estimate of drug-likeness (QED) is 0.119. The molecule has 2 aliphatic heterocycles. The molecule has 6 atom stereocenters. The van der Waals surface area contributed by atoms with Crippen LogP contribution in [0.2, 0.25) is 0 Å². The number of ether oxygens (including phenoxy) is 2. The fourth-order valence-corrected chi connectivity index (χ4v) is 12.0. The molecule has 6 aliphatic rings. The van der Waals surface area contributed by atoms with Crippen LogP contribution in [0.3, 0.4) is 0 Å². The van der Waals surface area contributed by atoms with Gasteiger partial charge in [0.2, 0.25) is 11.8 Å². The summed E-state index contributed by atoms with van der Waals surface area (Å²) < 4.78 is 9.74. The Balaban J connectivity index is 0.935. The summed E-state index contributed by atoms with van der Waals surface area (Å²) in [5.41, 5.74) is 10.2. The fourth-order valence-electron chi connectivity index (χ4n) is 12.0. The van der Waals surface area contributed by atoms with Crippen LogP contribution in [-0.4, -0.2) is 93.1 Å². The van der Waals surface area contributed by atoms with Crippen LogP contribution < -0.4 is 10.6 Å². The van der Waals surface area contributed by atoms with Crippen LogP contribution in [0, 0.1) is 23.7 Å². The Bertz CT molecular complexity index is 2450. The number of aromatic nitrogens is 4. The molecule has 14 heteroatoms. The molecule has 4 amide bonds. The molecule has 14 nitrogen and oxygen atoms in total. The molecule has 0 spiro atoms. The van der Waals surface area contributed by atoms with E-state index in [1.807, 2.05) is 49.9 Å². The number of hydrogen-bond acceptors (Lipinski definition) is 8. The van der Waals surface area contributed by atoms with Crippen molar-refractivity contribution in [1.29, 1.82) is 0 Å². The van der Waals surface area contributed by atoms with Gasteiger partial charge in [0.15, 0.2) is 0 Å². The number of alkyl carbamates (subject to hydrolysis) is 2. The predicted octanol–water partition coefficient (Wildman–Crippen LogP) is 7.71. The van der Waals surface area contributed by atoms with Crippen LogP contribution in [-0.2, 0) is 43.0 Å². The molecule has 2 aromatic heterocycles. The third-order valence-electron chi connectivity index (χ3n) is 15.2. The van der Waals surface area contributed by atoms with E-state index in [9.17, 15) is 19.2 Å². The van der Waals surface area contributed by atoms with Gasteiger partial charge in [0, 0.05) is 24.2 Å². The van der Waals surface area contributed by atoms with Crippen molar-refractivity contribution < 1.29 is 28.7 Å². The monoisotopic (exact) mass is 866 g/mol. The Kier molecular flexibility index (Phi) is 10.3. The molecular formula is C50H58N8O6. The molecule has 4 aromatic rings. The van der Waals surface area contributed by atoms with Gasteiger partial charge in [-0.1, -0.05) is 76.3 Å². The minimum Gasteiger partial charge on any atom is -0.453 e. The molecule has 4 bridgehead atoms. The summed E-state index contributed by atoms with van der Waals surface area (Å²) in [6.07, 6.45) is 18.5. The summed E-state index contributed by atoms with van der Waals surface area (Å²) in [5, 5.41) is 5.57. The number of allylic oxidation sites excluding steroid dienone is 2. The van der Waals surface area contributed by atoms with Crippen molar-refractivity contribution in [2.45, 2.75) is 102 Å². The third-order valence-corrected chi connectivity index (χ3v) is 15.2. The van der Waals surface area contributed by atoms with Crippen molar-refractivity contribution in [3.8, 4) is 33.6 Å². The molecule has 2 saturated heterocycles. The van der Waals surface area contributed by atoms with Crippen molar-refractivity contribution >= 4 is 36.2 Å². The number of likely N-dealkylation sites (tertiary alicyclic amines) is 2. The molecule has 10 rings (SSSR count). The molecule has 4 heterocycles. The molecule has 4 aliphatic carbocycles. The SMILES string of the molecule is COC(=O)N[C@H](C(=O)N1C[C@H]2CC[C@@]1(c1ncc(-c3ccc(-c4ccc(-c5cnc([C@@]67CC[C@H](CN6C(=O)[C@@H](NC(=O)OC)C(C)C)C7)[nH]5)c5c4C=CC5)c4c3CC=C4)[nH]1)C2)C(C)C. The second kappa shape index (κ2) is 15.8. The van der Waals surface area contributed by atoms with E-state index in [2.05, 4.69) is 69.2 Å². The lowest BCUT2D eigenvalue weighted by Crippen LogP contribution is -2.56. The maximum absolute atomic E-state index is 14.2. The molecule has 2 saturated carbocycles. The number of H-pyrrole nitrogens is 2. The van der Waals surface area contributed by atoms with Crippen LogP contribution in [0.15, 0.2) is 48.8 Å². The zero-order valence-electron chi connectivity index (χ0n) is 37.5. The summed E-state index contributed by atoms with van der Waals surface area (Å²) in [5.74, 6) is 1.96. The van der Waals surface area contributed by atoms with Gasteiger partial charge >= 0.3 is 12.2 Å². The van der Waals surface area contributed by atoms with Crippen molar-refractivity contribution in [2.24, 2.45) is 23.7 Å². The average molecular weight is 867 g/mol. The first-order chi connectivity index (χ1) is 30.8. The molecule has 2 aromatic carbocycles. The zero-order valence-corrected chi connectivity index (χ0v) is 37.5. The Labute approximate surface area is 373 Å². The number of carbonyl (C=O) groups excluding carboxylic acids is 4. The van der Waals surface area contributed by atoms with E-state index in [1.165, 1.54) is 47.6 Å². The molecule has 0 unspecified atom stereocenters. The topological polar surface area (TPSA) is 175 Å². The number of carbonyl (C=O) groups is 4. The van der Waals surface area contributed by atoms with E-state index in [0.717, 1.165) is 85.5 Å². The molecule has 334 valence electrons. The van der Waals surface area contributed by atoms with Gasteiger partial charge in [-0.05, 0) is 108 Å². The smallest absolute Gasteiger partial charge is 0.407 e. The number of imidazole rings is 2. The first-order valence-electron chi connectivity index (χ1n) is 22.9. The summed E-state index contributed by atoms with van der Waals surface area (Å²) in [6.45, 7) is 9.04. The van der Waals surface area contributed by atoms with Gasteiger partial charge in [0.05, 0.1) is 38.0 Å². The Hall–Kier alpha value is -6.18. The number of nitrogens with zero attached hydrogens (tertiary/aromatic N) is 4. The Morgan fingerprint density at radius 1 is 0.656 bits per heavy atom. The van der Waals surface area contributed by atoms with Gasteiger partial charge in [0.1, 0.15) is 34.8 Å². The number of nitrogens with one attached hydrogen (secondary N) is 4. The van der Waals surface area contributed by atoms with E-state index < -0.39 is 35.3 Å². The second-order valence-corrected chi connectivity index (χ2v) is 19.5. The maximum Gasteiger partial charge on any atom is 0.407 e. The van der Waals surface area contributed by atoms with Crippen LogP contribution in [0.5, 0.6) is 0 Å². The van der Waals surface area contributed by atoms with Crippen molar-refractivity contribution in [1.82, 2.24) is 40.4 Å². The van der Waals surface area contributed by atoms with Crippen molar-refractivity contribution in [3.05, 3.63) is 82.7 Å². The summed E-state index contributed by atoms with van der Waals surface area (Å²) in [4.78, 5) is 74.1. The maximum atomic E-state index is 14.2. The highest BCUT2D eigenvalue weighted by Gasteiger charge is 2.58. The number of aromatic amines is 2. The Morgan fingerprint density at radius 2 is 1.06 bits per heavy atom. The van der Waals surface area contributed by atoms with Gasteiger partial charge in [-0.3, -0.25) is 9.59 Å². The molecule has 0 radical (unpaired) electrons. The van der Waals surface area contributed by atoms with E-state index in [1.54, 1.807) is 0 Å². The van der Waals surface area contributed by atoms with E-state index in [0.29, 0.717) is 24.9 Å². The minimum atomic E-state index is -0.695. The predicted molar refractivity (Wildman–Crippen MR) is 242 cm³/mol. The first kappa shape index (κ1) is 41.8. The molecule has 4 N–H and O–H groups in total. The molecule has 4 fully saturated rings. The van der Waals surface area contributed by atoms with Gasteiger partial charge in [-0.15, -0.1) is 0 Å². The van der Waals surface area contributed by atoms with Gasteiger partial charge < -0.3 is 39.9 Å². The first-order valence-corrected chi connectivity index (χ1v) is 22.9. The number of methoxy groups -OCH3 is 2. The van der Waals surface area contributed by atoms with Gasteiger partial charge in [-0.2, -0.15) is 0 Å². The summed E-state index contributed by atoms with van der Waals surface area (Å²) in [7, 11) is 2.63. The van der Waals surface area contributed by atoms with Crippen molar-refractivity contribution in [2.75, 3.05) is 27.3 Å². The lowest BCUT2D eigenvalue weighted by atomic mass is 9.87.